The number of hydrogen-bond donors (Lipinski definition) is 0. The largest absolute Gasteiger partial charge is 0.232 e. The van der Waals surface area contributed by atoms with Crippen LogP contribution in [-0.4, -0.2) is 14.2 Å². The summed E-state index contributed by atoms with van der Waals surface area (Å²) in [6.45, 7) is 1.88. The van der Waals surface area contributed by atoms with Gasteiger partial charge < -0.3 is 0 Å². The minimum Gasteiger partial charge on any atom is -0.212 e. The maximum absolute atomic E-state index is 10.8. The Kier molecular flexibility index (Phi) is 3.96. The van der Waals surface area contributed by atoms with Gasteiger partial charge in [0.1, 0.15) is 0 Å². The van der Waals surface area contributed by atoms with Gasteiger partial charge in [-0.2, -0.15) is 0 Å². The molecule has 1 atom stereocenters. The molecular formula is C10H13ClO2S. The van der Waals surface area contributed by atoms with E-state index in [1.165, 1.54) is 0 Å². The molecule has 0 radical (unpaired) electrons. The van der Waals surface area contributed by atoms with Crippen LogP contribution in [0, 0.1) is 5.92 Å². The molecule has 0 saturated carbocycles. The van der Waals surface area contributed by atoms with Crippen LogP contribution in [0.25, 0.3) is 0 Å². The summed E-state index contributed by atoms with van der Waals surface area (Å²) in [4.78, 5) is 0. The average Bonchev–Trinajstić information content (AvgIpc) is 2.02. The zero-order chi connectivity index (χ0) is 10.6. The molecule has 4 heteroatoms. The molecule has 1 unspecified atom stereocenters. The van der Waals surface area contributed by atoms with Gasteiger partial charge in [0.05, 0.1) is 5.75 Å². The Labute approximate surface area is 89.3 Å². The first-order chi connectivity index (χ1) is 6.47. The lowest BCUT2D eigenvalue weighted by atomic mass is 10.0. The summed E-state index contributed by atoms with van der Waals surface area (Å²) in [6, 6.07) is 9.79. The molecule has 0 bridgehead atoms. The molecule has 14 heavy (non-hydrogen) atoms. The lowest BCUT2D eigenvalue weighted by Crippen LogP contribution is -2.10. The summed E-state index contributed by atoms with van der Waals surface area (Å²) >= 11 is 0. The van der Waals surface area contributed by atoms with Gasteiger partial charge in [0.2, 0.25) is 9.05 Å². The lowest BCUT2D eigenvalue weighted by Gasteiger charge is -2.08. The predicted octanol–water partition coefficient (Wildman–Crippen LogP) is 2.43. The monoisotopic (exact) mass is 232 g/mol. The first-order valence-electron chi connectivity index (χ1n) is 4.43. The molecule has 1 aromatic rings. The Morgan fingerprint density at radius 2 is 1.86 bits per heavy atom. The van der Waals surface area contributed by atoms with Crippen molar-refractivity contribution in [2.75, 3.05) is 5.75 Å². The zero-order valence-corrected chi connectivity index (χ0v) is 9.55. The van der Waals surface area contributed by atoms with Crippen molar-refractivity contribution in [3.05, 3.63) is 35.9 Å². The van der Waals surface area contributed by atoms with Crippen LogP contribution in [0.1, 0.15) is 12.5 Å². The Hall–Kier alpha value is -0.540. The molecule has 0 saturated heterocycles. The van der Waals surface area contributed by atoms with Crippen molar-refractivity contribution in [1.29, 1.82) is 0 Å². The fourth-order valence-electron chi connectivity index (χ4n) is 1.42. The summed E-state index contributed by atoms with van der Waals surface area (Å²) in [5, 5.41) is 0. The zero-order valence-electron chi connectivity index (χ0n) is 7.98. The van der Waals surface area contributed by atoms with Crippen molar-refractivity contribution in [2.24, 2.45) is 5.92 Å². The predicted molar refractivity (Wildman–Crippen MR) is 58.9 cm³/mol. The van der Waals surface area contributed by atoms with Crippen LogP contribution in [0.5, 0.6) is 0 Å². The summed E-state index contributed by atoms with van der Waals surface area (Å²) in [5.41, 5.74) is 1.14. The van der Waals surface area contributed by atoms with Gasteiger partial charge in [0.25, 0.3) is 0 Å². The second kappa shape index (κ2) is 4.80. The highest BCUT2D eigenvalue weighted by atomic mass is 35.7. The molecule has 0 aliphatic carbocycles. The summed E-state index contributed by atoms with van der Waals surface area (Å²) < 4.78 is 21.6. The van der Waals surface area contributed by atoms with Gasteiger partial charge in [-0.25, -0.2) is 8.42 Å². The van der Waals surface area contributed by atoms with Gasteiger partial charge in [-0.3, -0.25) is 0 Å². The van der Waals surface area contributed by atoms with Gasteiger partial charge in [-0.15, -0.1) is 0 Å². The molecule has 0 aliphatic rings. The highest BCUT2D eigenvalue weighted by Gasteiger charge is 2.12. The molecule has 0 fully saturated rings. The van der Waals surface area contributed by atoms with Crippen LogP contribution >= 0.6 is 10.7 Å². The minimum atomic E-state index is -3.37. The molecule has 2 nitrogen and oxygen atoms in total. The molecule has 0 amide bonds. The average molecular weight is 233 g/mol. The Balaban J connectivity index is 2.54. The molecular weight excluding hydrogens is 220 g/mol. The van der Waals surface area contributed by atoms with Crippen molar-refractivity contribution in [2.45, 2.75) is 13.3 Å². The van der Waals surface area contributed by atoms with E-state index >= 15 is 0 Å². The van der Waals surface area contributed by atoms with Crippen molar-refractivity contribution in [3.63, 3.8) is 0 Å². The summed E-state index contributed by atoms with van der Waals surface area (Å²) in [7, 11) is 1.80. The molecule has 0 spiro atoms. The molecule has 0 aliphatic heterocycles. The van der Waals surface area contributed by atoms with Gasteiger partial charge in [-0.05, 0) is 17.9 Å². The maximum atomic E-state index is 10.8. The highest BCUT2D eigenvalue weighted by molar-refractivity contribution is 8.13. The number of rotatable bonds is 4. The summed E-state index contributed by atoms with van der Waals surface area (Å²) in [6.07, 6.45) is 0.743. The van der Waals surface area contributed by atoms with Gasteiger partial charge in [0.15, 0.2) is 0 Å². The van der Waals surface area contributed by atoms with E-state index in [0.29, 0.717) is 0 Å². The first-order valence-corrected chi connectivity index (χ1v) is 6.91. The van der Waals surface area contributed by atoms with Crippen LogP contribution in [0.3, 0.4) is 0 Å². The number of halogens is 1. The maximum Gasteiger partial charge on any atom is 0.232 e. The first kappa shape index (κ1) is 11.5. The molecule has 1 aromatic carbocycles. The Morgan fingerprint density at radius 3 is 2.36 bits per heavy atom. The third kappa shape index (κ3) is 4.63. The van der Waals surface area contributed by atoms with Crippen LogP contribution in [0.4, 0.5) is 0 Å². The van der Waals surface area contributed by atoms with Gasteiger partial charge in [0, 0.05) is 10.7 Å². The molecule has 0 N–H and O–H groups in total. The molecule has 1 rings (SSSR count). The Morgan fingerprint density at radius 1 is 1.29 bits per heavy atom. The van der Waals surface area contributed by atoms with Crippen LogP contribution < -0.4 is 0 Å². The second-order valence-electron chi connectivity index (χ2n) is 3.50. The third-order valence-corrected chi connectivity index (χ3v) is 3.26. The van der Waals surface area contributed by atoms with E-state index in [9.17, 15) is 8.42 Å². The van der Waals surface area contributed by atoms with E-state index in [-0.39, 0.29) is 11.7 Å². The SMILES string of the molecule is CC(Cc1ccccc1)CS(=O)(=O)Cl. The van der Waals surface area contributed by atoms with E-state index in [2.05, 4.69) is 0 Å². The van der Waals surface area contributed by atoms with Crippen LogP contribution in [-0.2, 0) is 15.5 Å². The second-order valence-corrected chi connectivity index (χ2v) is 6.32. The van der Waals surface area contributed by atoms with Crippen molar-refractivity contribution < 1.29 is 8.42 Å². The van der Waals surface area contributed by atoms with E-state index in [4.69, 9.17) is 10.7 Å². The molecule has 0 heterocycles. The van der Waals surface area contributed by atoms with Gasteiger partial charge in [-0.1, -0.05) is 37.3 Å². The van der Waals surface area contributed by atoms with Crippen LogP contribution in [0.2, 0.25) is 0 Å². The van der Waals surface area contributed by atoms with E-state index in [1.807, 2.05) is 37.3 Å². The van der Waals surface area contributed by atoms with Crippen molar-refractivity contribution in [3.8, 4) is 0 Å². The molecule has 78 valence electrons. The smallest absolute Gasteiger partial charge is 0.212 e. The quantitative estimate of drug-likeness (QED) is 0.748. The fourth-order valence-corrected chi connectivity index (χ4v) is 2.86. The fraction of sp³-hybridized carbons (Fsp3) is 0.400. The van der Waals surface area contributed by atoms with E-state index in [0.717, 1.165) is 12.0 Å². The van der Waals surface area contributed by atoms with Gasteiger partial charge >= 0.3 is 0 Å². The Bertz CT molecular complexity index is 372. The minimum absolute atomic E-state index is 0.0312. The van der Waals surface area contributed by atoms with E-state index < -0.39 is 9.05 Å². The summed E-state index contributed by atoms with van der Waals surface area (Å²) in [5.74, 6) is 0.0867. The number of hydrogen-bond acceptors (Lipinski definition) is 2. The topological polar surface area (TPSA) is 34.1 Å². The van der Waals surface area contributed by atoms with E-state index in [1.54, 1.807) is 0 Å². The van der Waals surface area contributed by atoms with Crippen molar-refractivity contribution in [1.82, 2.24) is 0 Å². The lowest BCUT2D eigenvalue weighted by molar-refractivity contribution is 0.582. The standard InChI is InChI=1S/C10H13ClO2S/c1-9(8-14(11,12)13)7-10-5-3-2-4-6-10/h2-6,9H,7-8H2,1H3. The highest BCUT2D eigenvalue weighted by Crippen LogP contribution is 2.12. The normalized spacial score (nSPS) is 13.9. The number of benzene rings is 1. The van der Waals surface area contributed by atoms with Crippen LogP contribution in [0.15, 0.2) is 30.3 Å². The third-order valence-electron chi connectivity index (χ3n) is 1.91. The van der Waals surface area contributed by atoms with Crippen molar-refractivity contribution >= 4 is 19.7 Å². The molecule has 0 aromatic heterocycles.